The molecule has 0 aromatic heterocycles. The van der Waals surface area contributed by atoms with E-state index in [0.717, 1.165) is 5.75 Å². The van der Waals surface area contributed by atoms with Crippen LogP contribution in [0.4, 0.5) is 0 Å². The molecule has 1 unspecified atom stereocenters. The average molecular weight is 178 g/mol. The monoisotopic (exact) mass is 178 g/mol. The third-order valence-electron chi connectivity index (χ3n) is 1.11. The number of rotatable bonds is 5. The number of nitrogens with two attached hydrogens (primary N) is 1. The van der Waals surface area contributed by atoms with E-state index in [0.29, 0.717) is 5.75 Å². The Kier molecular flexibility index (Phi) is 6.30. The second kappa shape index (κ2) is 6.45. The van der Waals surface area contributed by atoms with Gasteiger partial charge < -0.3 is 5.11 Å². The van der Waals surface area contributed by atoms with E-state index in [-0.39, 0.29) is 18.4 Å². The average Bonchev–Trinajstić information content (AvgIpc) is 2.04. The number of amides is 1. The Morgan fingerprint density at radius 3 is 2.91 bits per heavy atom. The summed E-state index contributed by atoms with van der Waals surface area (Å²) in [6.07, 6.45) is 0. The molecule has 1 atom stereocenters. The quantitative estimate of drug-likeness (QED) is 0.297. The van der Waals surface area contributed by atoms with Crippen molar-refractivity contribution in [2.75, 3.05) is 18.1 Å². The smallest absolute Gasteiger partial charge is 0.243 e. The van der Waals surface area contributed by atoms with Crippen molar-refractivity contribution in [3.05, 3.63) is 0 Å². The number of aliphatic hydroxyl groups is 1. The van der Waals surface area contributed by atoms with Crippen molar-refractivity contribution < 1.29 is 9.90 Å². The normalized spacial score (nSPS) is 12.6. The van der Waals surface area contributed by atoms with Gasteiger partial charge in [0.05, 0.1) is 5.75 Å². The number of carbonyl (C=O) groups excluding carboxylic acids is 1. The molecule has 0 aliphatic heterocycles. The highest BCUT2D eigenvalue weighted by Gasteiger charge is 2.02. The topological polar surface area (TPSA) is 75.3 Å². The molecule has 0 heterocycles. The van der Waals surface area contributed by atoms with Gasteiger partial charge in [-0.2, -0.15) is 11.8 Å². The molecule has 0 aliphatic rings. The molecule has 0 spiro atoms. The summed E-state index contributed by atoms with van der Waals surface area (Å²) in [6.45, 7) is 2.09. The van der Waals surface area contributed by atoms with Crippen LogP contribution in [0.3, 0.4) is 0 Å². The summed E-state index contributed by atoms with van der Waals surface area (Å²) >= 11 is 1.47. The first kappa shape index (κ1) is 10.7. The molecule has 1 amide bonds. The number of nitrogens with one attached hydrogen (secondary N) is 1. The van der Waals surface area contributed by atoms with Crippen LogP contribution in [0.2, 0.25) is 0 Å². The number of carbonyl (C=O) groups is 1. The largest absolute Gasteiger partial charge is 0.396 e. The molecule has 66 valence electrons. The summed E-state index contributed by atoms with van der Waals surface area (Å²) in [5.41, 5.74) is 2.03. The summed E-state index contributed by atoms with van der Waals surface area (Å²) in [7, 11) is 0. The van der Waals surface area contributed by atoms with Gasteiger partial charge in [-0.3, -0.25) is 10.2 Å². The molecule has 0 aliphatic carbocycles. The molecule has 0 radical (unpaired) electrons. The van der Waals surface area contributed by atoms with Crippen molar-refractivity contribution in [3.63, 3.8) is 0 Å². The zero-order valence-corrected chi connectivity index (χ0v) is 7.36. The second-order valence-corrected chi connectivity index (χ2v) is 3.40. The Bertz CT molecular complexity index is 121. The van der Waals surface area contributed by atoms with Gasteiger partial charge in [-0.05, 0) is 11.7 Å². The summed E-state index contributed by atoms with van der Waals surface area (Å²) < 4.78 is 0. The molecule has 0 saturated carbocycles. The highest BCUT2D eigenvalue weighted by atomic mass is 32.2. The number of hydrogen-bond donors (Lipinski definition) is 3. The van der Waals surface area contributed by atoms with Crippen LogP contribution in [0, 0.1) is 5.92 Å². The highest BCUT2D eigenvalue weighted by Crippen LogP contribution is 2.06. The lowest BCUT2D eigenvalue weighted by molar-refractivity contribution is -0.118. The zero-order valence-electron chi connectivity index (χ0n) is 6.54. The fourth-order valence-corrected chi connectivity index (χ4v) is 1.34. The number of aliphatic hydroxyl groups excluding tert-OH is 1. The van der Waals surface area contributed by atoms with Crippen molar-refractivity contribution in [3.8, 4) is 0 Å². The SMILES string of the molecule is CC(CO)CSCC(=O)NN. The first-order valence-corrected chi connectivity index (χ1v) is 4.54. The van der Waals surface area contributed by atoms with Crippen LogP contribution in [0.5, 0.6) is 0 Å². The Labute approximate surface area is 70.5 Å². The van der Waals surface area contributed by atoms with Gasteiger partial charge in [0.25, 0.3) is 0 Å². The van der Waals surface area contributed by atoms with Gasteiger partial charge >= 0.3 is 0 Å². The highest BCUT2D eigenvalue weighted by molar-refractivity contribution is 7.99. The third kappa shape index (κ3) is 6.15. The van der Waals surface area contributed by atoms with E-state index in [1.165, 1.54) is 11.8 Å². The minimum Gasteiger partial charge on any atom is -0.396 e. The van der Waals surface area contributed by atoms with Crippen LogP contribution in [-0.2, 0) is 4.79 Å². The summed E-state index contributed by atoms with van der Waals surface area (Å²) in [5, 5.41) is 8.62. The maximum atomic E-state index is 10.6. The van der Waals surface area contributed by atoms with E-state index in [1.807, 2.05) is 12.3 Å². The van der Waals surface area contributed by atoms with Crippen LogP contribution in [0.25, 0.3) is 0 Å². The van der Waals surface area contributed by atoms with Crippen LogP contribution in [0.15, 0.2) is 0 Å². The first-order valence-electron chi connectivity index (χ1n) is 3.38. The fraction of sp³-hybridized carbons (Fsp3) is 0.833. The fourth-order valence-electron chi connectivity index (χ4n) is 0.447. The zero-order chi connectivity index (χ0) is 8.69. The van der Waals surface area contributed by atoms with Crippen LogP contribution in [-0.4, -0.2) is 29.1 Å². The summed E-state index contributed by atoms with van der Waals surface area (Å²) in [6, 6.07) is 0. The van der Waals surface area contributed by atoms with Gasteiger partial charge in [0.15, 0.2) is 0 Å². The maximum absolute atomic E-state index is 10.6. The van der Waals surface area contributed by atoms with E-state index < -0.39 is 0 Å². The molecule has 0 aromatic rings. The lowest BCUT2D eigenvalue weighted by atomic mass is 10.2. The van der Waals surface area contributed by atoms with E-state index in [9.17, 15) is 4.79 Å². The Hall–Kier alpha value is -0.260. The van der Waals surface area contributed by atoms with Crippen molar-refractivity contribution in [2.45, 2.75) is 6.92 Å². The van der Waals surface area contributed by atoms with E-state index >= 15 is 0 Å². The molecule has 11 heavy (non-hydrogen) atoms. The molecular weight excluding hydrogens is 164 g/mol. The third-order valence-corrected chi connectivity index (χ3v) is 2.38. The van der Waals surface area contributed by atoms with Gasteiger partial charge in [-0.25, -0.2) is 5.84 Å². The molecule has 0 saturated heterocycles. The lowest BCUT2D eigenvalue weighted by Gasteiger charge is -2.05. The van der Waals surface area contributed by atoms with Gasteiger partial charge in [-0.1, -0.05) is 6.92 Å². The van der Waals surface area contributed by atoms with E-state index in [4.69, 9.17) is 10.9 Å². The Morgan fingerprint density at radius 2 is 2.45 bits per heavy atom. The molecule has 0 aromatic carbocycles. The summed E-state index contributed by atoms with van der Waals surface area (Å²) in [5.74, 6) is 6.06. The number of hydrogen-bond acceptors (Lipinski definition) is 4. The van der Waals surface area contributed by atoms with E-state index in [1.54, 1.807) is 0 Å². The number of thioether (sulfide) groups is 1. The molecule has 0 rings (SSSR count). The molecule has 4 N–H and O–H groups in total. The van der Waals surface area contributed by atoms with Crippen molar-refractivity contribution >= 4 is 17.7 Å². The van der Waals surface area contributed by atoms with E-state index in [2.05, 4.69) is 0 Å². The van der Waals surface area contributed by atoms with Crippen LogP contribution >= 0.6 is 11.8 Å². The van der Waals surface area contributed by atoms with Crippen molar-refractivity contribution in [1.82, 2.24) is 5.43 Å². The van der Waals surface area contributed by atoms with Crippen LogP contribution < -0.4 is 11.3 Å². The summed E-state index contributed by atoms with van der Waals surface area (Å²) in [4.78, 5) is 10.6. The maximum Gasteiger partial charge on any atom is 0.243 e. The van der Waals surface area contributed by atoms with Crippen molar-refractivity contribution in [1.29, 1.82) is 0 Å². The van der Waals surface area contributed by atoms with Crippen molar-refractivity contribution in [2.24, 2.45) is 11.8 Å². The van der Waals surface area contributed by atoms with Gasteiger partial charge in [0.2, 0.25) is 5.91 Å². The predicted octanol–water partition coefficient (Wildman–Crippen LogP) is -0.662. The molecule has 0 fully saturated rings. The van der Waals surface area contributed by atoms with Gasteiger partial charge in [0, 0.05) is 6.61 Å². The molecule has 0 bridgehead atoms. The minimum atomic E-state index is -0.180. The Balaban J connectivity index is 3.20. The minimum absolute atomic E-state index is 0.164. The lowest BCUT2D eigenvalue weighted by Crippen LogP contribution is -2.31. The molecule has 5 heteroatoms. The van der Waals surface area contributed by atoms with Gasteiger partial charge in [-0.15, -0.1) is 0 Å². The molecule has 4 nitrogen and oxygen atoms in total. The number of hydrazine groups is 1. The predicted molar refractivity (Wildman–Crippen MR) is 45.9 cm³/mol. The Morgan fingerprint density at radius 1 is 1.82 bits per heavy atom. The van der Waals surface area contributed by atoms with Crippen LogP contribution in [0.1, 0.15) is 6.92 Å². The second-order valence-electron chi connectivity index (χ2n) is 2.37. The van der Waals surface area contributed by atoms with Gasteiger partial charge in [0.1, 0.15) is 0 Å². The molecular formula is C6H14N2O2S. The first-order chi connectivity index (χ1) is 5.20. The standard InChI is InChI=1S/C6H14N2O2S/c1-5(2-9)3-11-4-6(10)8-7/h5,9H,2-4,7H2,1H3,(H,8,10).